The average Bonchev–Trinajstić information content (AvgIpc) is 2.23. The molecule has 0 saturated heterocycles. The van der Waals surface area contributed by atoms with E-state index < -0.39 is 0 Å². The molecule has 0 aliphatic heterocycles. The second-order valence-electron chi connectivity index (χ2n) is 4.84. The summed E-state index contributed by atoms with van der Waals surface area (Å²) in [5.41, 5.74) is 5.80. The molecule has 0 spiro atoms. The summed E-state index contributed by atoms with van der Waals surface area (Å²) >= 11 is 3.30. The van der Waals surface area contributed by atoms with Crippen LogP contribution in [0.15, 0.2) is 22.7 Å². The minimum Gasteiger partial charge on any atom is -0.487 e. The van der Waals surface area contributed by atoms with Crippen molar-refractivity contribution >= 4 is 15.9 Å². The van der Waals surface area contributed by atoms with Crippen LogP contribution in [0, 0.1) is 11.2 Å². The Kier molecular flexibility index (Phi) is 2.97. The fraction of sp³-hybridized carbons (Fsp3) is 0.500. The van der Waals surface area contributed by atoms with Gasteiger partial charge in [-0.25, -0.2) is 4.39 Å². The van der Waals surface area contributed by atoms with Gasteiger partial charge in [0, 0.05) is 22.4 Å². The lowest BCUT2D eigenvalue weighted by Crippen LogP contribution is -2.60. The van der Waals surface area contributed by atoms with Gasteiger partial charge in [0.15, 0.2) is 11.6 Å². The summed E-state index contributed by atoms with van der Waals surface area (Å²) in [5, 5.41) is 0. The van der Waals surface area contributed by atoms with Crippen LogP contribution in [0.2, 0.25) is 0 Å². The van der Waals surface area contributed by atoms with E-state index in [9.17, 15) is 4.39 Å². The molecule has 1 aliphatic rings. The molecule has 2 atom stereocenters. The van der Waals surface area contributed by atoms with Gasteiger partial charge in [0.1, 0.15) is 6.10 Å². The Balaban J connectivity index is 2.13. The molecule has 1 fully saturated rings. The molecule has 0 aromatic heterocycles. The van der Waals surface area contributed by atoms with Crippen LogP contribution < -0.4 is 10.5 Å². The fourth-order valence-electron chi connectivity index (χ4n) is 1.84. The van der Waals surface area contributed by atoms with E-state index in [2.05, 4.69) is 15.9 Å². The van der Waals surface area contributed by atoms with Gasteiger partial charge in [0.2, 0.25) is 0 Å². The Hall–Kier alpha value is -0.610. The molecule has 16 heavy (non-hydrogen) atoms. The van der Waals surface area contributed by atoms with E-state index in [1.165, 1.54) is 6.07 Å². The van der Waals surface area contributed by atoms with Crippen molar-refractivity contribution in [3.05, 3.63) is 28.5 Å². The smallest absolute Gasteiger partial charge is 0.165 e. The van der Waals surface area contributed by atoms with Crippen LogP contribution in [0.5, 0.6) is 5.75 Å². The highest BCUT2D eigenvalue weighted by molar-refractivity contribution is 9.10. The molecule has 1 aliphatic carbocycles. The summed E-state index contributed by atoms with van der Waals surface area (Å²) < 4.78 is 19.9. The lowest BCUT2D eigenvalue weighted by atomic mass is 9.65. The topological polar surface area (TPSA) is 35.2 Å². The predicted molar refractivity (Wildman–Crippen MR) is 64.9 cm³/mol. The zero-order valence-corrected chi connectivity index (χ0v) is 10.9. The van der Waals surface area contributed by atoms with Gasteiger partial charge in [-0.05, 0) is 18.2 Å². The van der Waals surface area contributed by atoms with Crippen LogP contribution in [0.25, 0.3) is 0 Å². The molecule has 2 rings (SSSR count). The van der Waals surface area contributed by atoms with Gasteiger partial charge in [0.25, 0.3) is 0 Å². The predicted octanol–water partition coefficient (Wildman–Crippen LogP) is 3.09. The van der Waals surface area contributed by atoms with Crippen LogP contribution in [0.1, 0.15) is 20.3 Å². The van der Waals surface area contributed by atoms with Gasteiger partial charge in [-0.15, -0.1) is 0 Å². The number of halogens is 2. The van der Waals surface area contributed by atoms with Crippen molar-refractivity contribution in [2.24, 2.45) is 11.1 Å². The largest absolute Gasteiger partial charge is 0.487 e. The average molecular weight is 288 g/mol. The molecule has 0 amide bonds. The van der Waals surface area contributed by atoms with Crippen molar-refractivity contribution in [2.75, 3.05) is 0 Å². The van der Waals surface area contributed by atoms with Crippen molar-refractivity contribution in [1.29, 1.82) is 0 Å². The van der Waals surface area contributed by atoms with Crippen molar-refractivity contribution in [1.82, 2.24) is 0 Å². The number of hydrogen-bond donors (Lipinski definition) is 1. The highest BCUT2D eigenvalue weighted by Crippen LogP contribution is 2.42. The summed E-state index contributed by atoms with van der Waals surface area (Å²) in [6.45, 7) is 4.09. The van der Waals surface area contributed by atoms with E-state index in [0.717, 1.165) is 10.9 Å². The molecule has 2 unspecified atom stereocenters. The third kappa shape index (κ3) is 1.96. The van der Waals surface area contributed by atoms with Gasteiger partial charge >= 0.3 is 0 Å². The Morgan fingerprint density at radius 3 is 2.75 bits per heavy atom. The molecule has 1 aromatic carbocycles. The molecule has 0 bridgehead atoms. The SMILES string of the molecule is CC1(C)C(N)CC1Oc1cc(Br)ccc1F. The maximum atomic E-state index is 13.5. The second kappa shape index (κ2) is 4.00. The highest BCUT2D eigenvalue weighted by atomic mass is 79.9. The second-order valence-corrected chi connectivity index (χ2v) is 5.76. The molecule has 1 saturated carbocycles. The summed E-state index contributed by atoms with van der Waals surface area (Å²) in [5.74, 6) is -0.0428. The van der Waals surface area contributed by atoms with Crippen molar-refractivity contribution in [3.8, 4) is 5.75 Å². The maximum Gasteiger partial charge on any atom is 0.165 e. The van der Waals surface area contributed by atoms with Crippen molar-refractivity contribution in [3.63, 3.8) is 0 Å². The van der Waals surface area contributed by atoms with Crippen LogP contribution >= 0.6 is 15.9 Å². The first-order valence-corrected chi connectivity index (χ1v) is 6.08. The fourth-order valence-corrected chi connectivity index (χ4v) is 2.18. The molecule has 0 heterocycles. The maximum absolute atomic E-state index is 13.5. The first-order chi connectivity index (χ1) is 7.41. The number of ether oxygens (including phenoxy) is 1. The summed E-state index contributed by atoms with van der Waals surface area (Å²) in [6, 6.07) is 4.83. The Morgan fingerprint density at radius 2 is 2.19 bits per heavy atom. The van der Waals surface area contributed by atoms with E-state index in [1.807, 2.05) is 13.8 Å². The van der Waals surface area contributed by atoms with Crippen LogP contribution in [-0.4, -0.2) is 12.1 Å². The summed E-state index contributed by atoms with van der Waals surface area (Å²) in [4.78, 5) is 0. The normalized spacial score (nSPS) is 27.3. The molecule has 1 aromatic rings. The number of benzene rings is 1. The van der Waals surface area contributed by atoms with Gasteiger partial charge < -0.3 is 10.5 Å². The molecular weight excluding hydrogens is 273 g/mol. The highest BCUT2D eigenvalue weighted by Gasteiger charge is 2.48. The zero-order chi connectivity index (χ0) is 11.9. The monoisotopic (exact) mass is 287 g/mol. The van der Waals surface area contributed by atoms with E-state index in [4.69, 9.17) is 10.5 Å². The van der Waals surface area contributed by atoms with E-state index >= 15 is 0 Å². The minimum atomic E-state index is -0.334. The van der Waals surface area contributed by atoms with Crippen LogP contribution in [0.4, 0.5) is 4.39 Å². The number of hydrogen-bond acceptors (Lipinski definition) is 2. The van der Waals surface area contributed by atoms with Crippen molar-refractivity contribution in [2.45, 2.75) is 32.4 Å². The summed E-state index contributed by atoms with van der Waals surface area (Å²) in [6.07, 6.45) is 0.769. The molecule has 0 radical (unpaired) electrons. The third-order valence-corrected chi connectivity index (χ3v) is 3.91. The van der Waals surface area contributed by atoms with Gasteiger partial charge in [0.05, 0.1) is 0 Å². The van der Waals surface area contributed by atoms with Crippen molar-refractivity contribution < 1.29 is 9.13 Å². The molecule has 2 N–H and O–H groups in total. The van der Waals surface area contributed by atoms with E-state index in [1.54, 1.807) is 12.1 Å². The molecule has 88 valence electrons. The number of rotatable bonds is 2. The summed E-state index contributed by atoms with van der Waals surface area (Å²) in [7, 11) is 0. The molecular formula is C12H15BrFNO. The number of nitrogens with two attached hydrogens (primary N) is 1. The minimum absolute atomic E-state index is 0.00806. The van der Waals surface area contributed by atoms with Gasteiger partial charge in [-0.3, -0.25) is 0 Å². The zero-order valence-electron chi connectivity index (χ0n) is 9.34. The quantitative estimate of drug-likeness (QED) is 0.907. The Morgan fingerprint density at radius 1 is 1.50 bits per heavy atom. The lowest BCUT2D eigenvalue weighted by molar-refractivity contribution is -0.0419. The Bertz CT molecular complexity index is 408. The third-order valence-electron chi connectivity index (χ3n) is 3.42. The van der Waals surface area contributed by atoms with Gasteiger partial charge in [-0.1, -0.05) is 29.8 Å². The first kappa shape index (κ1) is 11.9. The lowest BCUT2D eigenvalue weighted by Gasteiger charge is -2.49. The van der Waals surface area contributed by atoms with Gasteiger partial charge in [-0.2, -0.15) is 0 Å². The Labute approximate surface area is 103 Å². The molecule has 4 heteroatoms. The van der Waals surface area contributed by atoms with Crippen LogP contribution in [-0.2, 0) is 0 Å². The van der Waals surface area contributed by atoms with E-state index in [-0.39, 0.29) is 23.4 Å². The molecule has 2 nitrogen and oxygen atoms in total. The van der Waals surface area contributed by atoms with E-state index in [0.29, 0.717) is 5.75 Å². The first-order valence-electron chi connectivity index (χ1n) is 5.28. The standard InChI is InChI=1S/C12H15BrFNO/c1-12(2)10(15)6-11(12)16-9-5-7(13)3-4-8(9)14/h3-5,10-11H,6,15H2,1-2H3. The van der Waals surface area contributed by atoms with Crippen LogP contribution in [0.3, 0.4) is 0 Å².